The summed E-state index contributed by atoms with van der Waals surface area (Å²) in [6, 6.07) is 16.5. The topological polar surface area (TPSA) is 107 Å². The zero-order valence-corrected chi connectivity index (χ0v) is 27.1. The van der Waals surface area contributed by atoms with Crippen molar-refractivity contribution >= 4 is 62.3 Å². The number of hydrogen-bond acceptors (Lipinski definition) is 9. The van der Waals surface area contributed by atoms with Crippen LogP contribution in [0.2, 0.25) is 15.1 Å². The highest BCUT2D eigenvalue weighted by atomic mass is 35.5. The Hall–Kier alpha value is -3.81. The highest BCUT2D eigenvalue weighted by molar-refractivity contribution is 7.18. The summed E-state index contributed by atoms with van der Waals surface area (Å²) in [5, 5.41) is 16.8. The van der Waals surface area contributed by atoms with Gasteiger partial charge in [-0.1, -0.05) is 52.1 Å². The number of aromatic nitrogens is 2. The third kappa shape index (κ3) is 5.20. The van der Waals surface area contributed by atoms with Crippen molar-refractivity contribution in [2.45, 2.75) is 43.1 Å². The monoisotopic (exact) mass is 679 g/mol. The quantitative estimate of drug-likeness (QED) is 0.142. The molecule has 0 N–H and O–H groups in total. The first-order valence-electron chi connectivity index (χ1n) is 14.1. The first kappa shape index (κ1) is 29.9. The number of hydrogen-bond donors (Lipinski definition) is 0. The average molecular weight is 681 g/mol. The molecular weight excluding hydrogens is 657 g/mol. The van der Waals surface area contributed by atoms with Crippen molar-refractivity contribution in [2.24, 2.45) is 0 Å². The van der Waals surface area contributed by atoms with Gasteiger partial charge in [0.15, 0.2) is 0 Å². The van der Waals surface area contributed by atoms with Gasteiger partial charge in [-0.15, -0.1) is 11.3 Å². The van der Waals surface area contributed by atoms with Crippen molar-refractivity contribution in [3.05, 3.63) is 91.1 Å². The van der Waals surface area contributed by atoms with Crippen LogP contribution in [0, 0.1) is 11.3 Å². The summed E-state index contributed by atoms with van der Waals surface area (Å²) in [7, 11) is 2.86. The number of carbonyl (C=O) groups excluding carboxylic acids is 1. The molecule has 0 amide bonds. The second-order valence-corrected chi connectivity index (χ2v) is 13.4. The first-order valence-corrected chi connectivity index (χ1v) is 16.1. The normalized spacial score (nSPS) is 18.9. The Balaban J connectivity index is 1.15. The van der Waals surface area contributed by atoms with Crippen molar-refractivity contribution in [3.63, 3.8) is 0 Å². The highest BCUT2D eigenvalue weighted by Gasteiger charge is 2.59. The lowest BCUT2D eigenvalue weighted by molar-refractivity contribution is 0.0600. The van der Waals surface area contributed by atoms with E-state index in [1.54, 1.807) is 36.4 Å². The van der Waals surface area contributed by atoms with Gasteiger partial charge in [-0.3, -0.25) is 0 Å². The van der Waals surface area contributed by atoms with E-state index in [0.717, 1.165) is 33.9 Å². The minimum absolute atomic E-state index is 0.170. The third-order valence-electron chi connectivity index (χ3n) is 8.35. The molecular formula is C33H24Cl3N3O5S. The van der Waals surface area contributed by atoms with Crippen molar-refractivity contribution in [1.29, 1.82) is 5.26 Å². The van der Waals surface area contributed by atoms with Crippen LogP contribution in [0.1, 0.15) is 63.4 Å². The van der Waals surface area contributed by atoms with Crippen LogP contribution in [0.15, 0.2) is 53.1 Å². The van der Waals surface area contributed by atoms with E-state index in [4.69, 9.17) is 58.5 Å². The lowest BCUT2D eigenvalue weighted by Crippen LogP contribution is -2.08. The number of ether oxygens (including phenoxy) is 3. The zero-order chi connectivity index (χ0) is 31.5. The Morgan fingerprint density at radius 3 is 2.56 bits per heavy atom. The lowest BCUT2D eigenvalue weighted by atomic mass is 9.94. The summed E-state index contributed by atoms with van der Waals surface area (Å²) in [5.74, 6) is 1.43. The zero-order valence-electron chi connectivity index (χ0n) is 24.0. The van der Waals surface area contributed by atoms with Crippen LogP contribution >= 0.6 is 46.1 Å². The largest absolute Gasteiger partial charge is 0.494 e. The smallest absolute Gasteiger partial charge is 0.338 e. The van der Waals surface area contributed by atoms with E-state index in [9.17, 15) is 10.1 Å². The molecule has 0 bridgehead atoms. The average Bonchev–Trinajstić information content (AvgIpc) is 3.94. The molecule has 2 heterocycles. The van der Waals surface area contributed by atoms with Gasteiger partial charge in [-0.05, 0) is 61.2 Å². The van der Waals surface area contributed by atoms with Gasteiger partial charge >= 0.3 is 5.97 Å². The summed E-state index contributed by atoms with van der Waals surface area (Å²) < 4.78 is 23.1. The molecule has 0 aliphatic heterocycles. The van der Waals surface area contributed by atoms with Gasteiger partial charge in [0.25, 0.3) is 0 Å². The molecule has 2 fully saturated rings. The molecule has 228 valence electrons. The Kier molecular flexibility index (Phi) is 7.65. The standard InChI is InChI=1S/C33H24Cl3N3O5S/c1-41-25-10-17(32(40)42-2)11-26-29(25)38-31(45-26)21-13-33(21,15-37)20-9-8-18(12-24(20)36)43-14-19-28(39-44-30(19)16-6-7-16)27-22(34)4-3-5-23(27)35/h3-5,8-12,16,21H,6-7,13-14H2,1-2H3. The van der Waals surface area contributed by atoms with Gasteiger partial charge in [0.05, 0.1) is 56.6 Å². The number of esters is 1. The molecule has 5 aromatic rings. The van der Waals surface area contributed by atoms with Gasteiger partial charge in [-0.25, -0.2) is 9.78 Å². The molecule has 0 radical (unpaired) electrons. The van der Waals surface area contributed by atoms with E-state index >= 15 is 0 Å². The number of thiazole rings is 1. The summed E-state index contributed by atoms with van der Waals surface area (Å²) in [5.41, 5.74) is 2.83. The maximum Gasteiger partial charge on any atom is 0.338 e. The fourth-order valence-electron chi connectivity index (χ4n) is 5.75. The fraction of sp³-hybridized carbons (Fsp3) is 0.273. The second-order valence-electron chi connectivity index (χ2n) is 11.1. The van der Waals surface area contributed by atoms with Crippen LogP contribution in [0.4, 0.5) is 0 Å². The Morgan fingerprint density at radius 2 is 1.89 bits per heavy atom. The van der Waals surface area contributed by atoms with Crippen molar-refractivity contribution in [3.8, 4) is 28.8 Å². The van der Waals surface area contributed by atoms with Gasteiger partial charge in [0, 0.05) is 22.4 Å². The van der Waals surface area contributed by atoms with E-state index < -0.39 is 11.4 Å². The Bertz CT molecular complexity index is 2010. The van der Waals surface area contributed by atoms with Gasteiger partial charge < -0.3 is 18.7 Å². The van der Waals surface area contributed by atoms with E-state index in [0.29, 0.717) is 60.9 Å². The van der Waals surface area contributed by atoms with Gasteiger partial charge in [0.2, 0.25) is 0 Å². The summed E-state index contributed by atoms with van der Waals surface area (Å²) >= 11 is 21.2. The van der Waals surface area contributed by atoms with Crippen molar-refractivity contribution in [2.75, 3.05) is 14.2 Å². The predicted octanol–water partition coefficient (Wildman–Crippen LogP) is 9.11. The molecule has 2 unspecified atom stereocenters. The van der Waals surface area contributed by atoms with Crippen LogP contribution in [0.5, 0.6) is 11.5 Å². The number of halogens is 3. The van der Waals surface area contributed by atoms with E-state index in [2.05, 4.69) is 11.2 Å². The SMILES string of the molecule is COC(=O)c1cc(OC)c2nc(C3CC3(C#N)c3ccc(OCc4c(-c5c(Cl)cccc5Cl)noc4C4CC4)cc3Cl)sc2c1. The Labute approximate surface area is 277 Å². The highest BCUT2D eigenvalue weighted by Crippen LogP contribution is 2.62. The minimum Gasteiger partial charge on any atom is -0.494 e. The second kappa shape index (κ2) is 11.5. The first-order chi connectivity index (χ1) is 21.8. The maximum atomic E-state index is 12.2. The Morgan fingerprint density at radius 1 is 1.11 bits per heavy atom. The molecule has 45 heavy (non-hydrogen) atoms. The number of benzene rings is 3. The molecule has 2 atom stereocenters. The van der Waals surface area contributed by atoms with Gasteiger partial charge in [0.1, 0.15) is 35.1 Å². The molecule has 7 rings (SSSR count). The lowest BCUT2D eigenvalue weighted by Gasteiger charge is -2.14. The fourth-order valence-corrected chi connectivity index (χ4v) is 7.88. The molecule has 2 aliphatic carbocycles. The van der Waals surface area contributed by atoms with Crippen LogP contribution in [0.25, 0.3) is 21.5 Å². The van der Waals surface area contributed by atoms with Crippen molar-refractivity contribution < 1.29 is 23.5 Å². The molecule has 3 aromatic carbocycles. The number of nitriles is 1. The molecule has 0 spiro atoms. The number of carbonyl (C=O) groups is 1. The third-order valence-corrected chi connectivity index (χ3v) is 10.4. The summed E-state index contributed by atoms with van der Waals surface area (Å²) in [4.78, 5) is 17.0. The maximum absolute atomic E-state index is 12.2. The van der Waals surface area contributed by atoms with E-state index in [-0.39, 0.29) is 18.4 Å². The van der Waals surface area contributed by atoms with Crippen LogP contribution in [-0.4, -0.2) is 30.3 Å². The number of methoxy groups -OCH3 is 2. The van der Waals surface area contributed by atoms with Crippen molar-refractivity contribution in [1.82, 2.24) is 10.1 Å². The molecule has 8 nitrogen and oxygen atoms in total. The number of rotatable bonds is 9. The molecule has 2 saturated carbocycles. The molecule has 2 aliphatic rings. The van der Waals surface area contributed by atoms with Crippen LogP contribution < -0.4 is 9.47 Å². The van der Waals surface area contributed by atoms with E-state index in [1.165, 1.54) is 25.6 Å². The van der Waals surface area contributed by atoms with Crippen LogP contribution in [0.3, 0.4) is 0 Å². The van der Waals surface area contributed by atoms with Crippen LogP contribution in [-0.2, 0) is 16.8 Å². The summed E-state index contributed by atoms with van der Waals surface area (Å²) in [6.07, 6.45) is 2.59. The molecule has 12 heteroatoms. The molecule has 0 saturated heterocycles. The van der Waals surface area contributed by atoms with Gasteiger partial charge in [-0.2, -0.15) is 5.26 Å². The molecule has 2 aromatic heterocycles. The van der Waals surface area contributed by atoms with E-state index in [1.807, 2.05) is 12.1 Å². The minimum atomic E-state index is -0.844. The summed E-state index contributed by atoms with van der Waals surface area (Å²) in [6.45, 7) is 0.176. The number of nitrogens with zero attached hydrogens (tertiary/aromatic N) is 3. The predicted molar refractivity (Wildman–Crippen MR) is 172 cm³/mol. The number of fused-ring (bicyclic) bond motifs is 1.